The van der Waals surface area contributed by atoms with E-state index < -0.39 is 0 Å². The van der Waals surface area contributed by atoms with E-state index in [1.165, 1.54) is 0 Å². The molecule has 2 aliphatic rings. The monoisotopic (exact) mass is 525 g/mol. The van der Waals surface area contributed by atoms with Crippen molar-refractivity contribution in [3.05, 3.63) is 113 Å². The Balaban J connectivity index is 1.18. The fourth-order valence-electron chi connectivity index (χ4n) is 4.35. The van der Waals surface area contributed by atoms with E-state index in [0.717, 1.165) is 28.1 Å². The number of rotatable bonds is 5. The zero-order chi connectivity index (χ0) is 25.9. The molecule has 190 valence electrons. The molecule has 38 heavy (non-hydrogen) atoms. The van der Waals surface area contributed by atoms with Gasteiger partial charge in [0.2, 0.25) is 0 Å². The topological polar surface area (TPSA) is 72.1 Å². The Kier molecular flexibility index (Phi) is 6.50. The van der Waals surface area contributed by atoms with Gasteiger partial charge < -0.3 is 19.5 Å². The smallest absolute Gasteiger partial charge is 0.340 e. The second kappa shape index (κ2) is 10.4. The van der Waals surface area contributed by atoms with Crippen LogP contribution in [-0.4, -0.2) is 30.8 Å². The summed E-state index contributed by atoms with van der Waals surface area (Å²) in [6.07, 6.45) is 0. The molecule has 0 saturated heterocycles. The van der Waals surface area contributed by atoms with Crippen molar-refractivity contribution in [1.82, 2.24) is 10.4 Å². The Morgan fingerprint density at radius 2 is 1.50 bits per heavy atom. The fraction of sp³-hybridized carbons (Fsp3) is 0.100. The summed E-state index contributed by atoms with van der Waals surface area (Å²) in [6.45, 7) is 1.42. The summed E-state index contributed by atoms with van der Waals surface area (Å²) >= 11 is 5.94. The van der Waals surface area contributed by atoms with Gasteiger partial charge in [0.05, 0.1) is 12.2 Å². The highest BCUT2D eigenvalue weighted by Crippen LogP contribution is 2.37. The third-order valence-electron chi connectivity index (χ3n) is 6.22. The van der Waals surface area contributed by atoms with Crippen LogP contribution in [0.5, 0.6) is 23.0 Å². The first-order valence-corrected chi connectivity index (χ1v) is 12.6. The van der Waals surface area contributed by atoms with Gasteiger partial charge >= 0.3 is 6.03 Å². The Labute approximate surface area is 225 Å². The van der Waals surface area contributed by atoms with Gasteiger partial charge in [-0.1, -0.05) is 48.0 Å². The van der Waals surface area contributed by atoms with E-state index in [9.17, 15) is 4.79 Å². The van der Waals surface area contributed by atoms with E-state index >= 15 is 0 Å². The number of fused-ring (bicyclic) bond motifs is 1. The molecule has 0 spiro atoms. The maximum Gasteiger partial charge on any atom is 0.340 e. The minimum absolute atomic E-state index is 0.280. The van der Waals surface area contributed by atoms with Gasteiger partial charge in [-0.3, -0.25) is 5.43 Å². The number of amides is 2. The van der Waals surface area contributed by atoms with Gasteiger partial charge in [0.25, 0.3) is 0 Å². The van der Waals surface area contributed by atoms with Crippen LogP contribution in [0.2, 0.25) is 5.02 Å². The third-order valence-corrected chi connectivity index (χ3v) is 6.47. The van der Waals surface area contributed by atoms with Crippen LogP contribution in [0.3, 0.4) is 0 Å². The van der Waals surface area contributed by atoms with Gasteiger partial charge in [0.15, 0.2) is 11.5 Å². The lowest BCUT2D eigenvalue weighted by molar-refractivity contribution is 0.171. The SMILES string of the molecule is O=C(Nc1ccc(Oc2ccc(Cl)cc2)cc1)N1CC(c2ccc3c(c2)OCCO3)=C(c2ccccc2)N1. The number of anilines is 1. The average Bonchev–Trinajstić information content (AvgIpc) is 3.41. The highest BCUT2D eigenvalue weighted by Gasteiger charge is 2.28. The maximum absolute atomic E-state index is 13.2. The van der Waals surface area contributed by atoms with Crippen LogP contribution in [0.15, 0.2) is 97.1 Å². The van der Waals surface area contributed by atoms with Crippen molar-refractivity contribution in [1.29, 1.82) is 0 Å². The van der Waals surface area contributed by atoms with Gasteiger partial charge in [0.1, 0.15) is 24.7 Å². The molecular weight excluding hydrogens is 502 g/mol. The van der Waals surface area contributed by atoms with Gasteiger partial charge in [0, 0.05) is 16.3 Å². The number of urea groups is 1. The van der Waals surface area contributed by atoms with Crippen molar-refractivity contribution in [3.8, 4) is 23.0 Å². The predicted molar refractivity (Wildman–Crippen MR) is 148 cm³/mol. The zero-order valence-electron chi connectivity index (χ0n) is 20.3. The van der Waals surface area contributed by atoms with Gasteiger partial charge in [-0.25, -0.2) is 9.80 Å². The molecule has 4 aromatic carbocycles. The third kappa shape index (κ3) is 5.10. The second-order valence-electron chi connectivity index (χ2n) is 8.79. The Morgan fingerprint density at radius 3 is 2.24 bits per heavy atom. The molecule has 2 amide bonds. The van der Waals surface area contributed by atoms with Crippen LogP contribution in [0.1, 0.15) is 11.1 Å². The standard InChI is InChI=1S/C30H24ClN3O4/c31-22-7-11-24(12-8-22)38-25-13-9-23(10-14-25)32-30(35)34-19-26(29(33-34)20-4-2-1-3-5-20)21-6-15-27-28(18-21)37-17-16-36-27/h1-15,18,33H,16-17,19H2,(H,32,35). The first-order chi connectivity index (χ1) is 18.6. The predicted octanol–water partition coefficient (Wildman–Crippen LogP) is 6.82. The Hall–Kier alpha value is -4.62. The average molecular weight is 526 g/mol. The number of carbonyl (C=O) groups is 1. The number of nitrogens with zero attached hydrogens (tertiary/aromatic N) is 1. The first-order valence-electron chi connectivity index (χ1n) is 12.2. The molecule has 2 aliphatic heterocycles. The van der Waals surface area contributed by atoms with Gasteiger partial charge in [-0.15, -0.1) is 0 Å². The lowest BCUT2D eigenvalue weighted by atomic mass is 10.00. The van der Waals surface area contributed by atoms with Crippen LogP contribution in [-0.2, 0) is 0 Å². The van der Waals surface area contributed by atoms with Crippen molar-refractivity contribution >= 4 is 34.6 Å². The number of halogens is 1. The number of hydrogen-bond donors (Lipinski definition) is 2. The molecule has 7 nitrogen and oxygen atoms in total. The minimum atomic E-state index is -0.280. The van der Waals surface area contributed by atoms with Crippen LogP contribution >= 0.6 is 11.6 Å². The highest BCUT2D eigenvalue weighted by atomic mass is 35.5. The van der Waals surface area contributed by atoms with Crippen LogP contribution < -0.4 is 25.0 Å². The second-order valence-corrected chi connectivity index (χ2v) is 9.22. The highest BCUT2D eigenvalue weighted by molar-refractivity contribution is 6.30. The lowest BCUT2D eigenvalue weighted by Gasteiger charge is -2.20. The number of hydrazine groups is 1. The van der Waals surface area contributed by atoms with Crippen molar-refractivity contribution in [2.75, 3.05) is 25.1 Å². The molecule has 0 unspecified atom stereocenters. The van der Waals surface area contributed by atoms with Crippen molar-refractivity contribution in [2.24, 2.45) is 0 Å². The van der Waals surface area contributed by atoms with Crippen LogP contribution in [0.4, 0.5) is 10.5 Å². The molecule has 6 rings (SSSR count). The number of benzene rings is 4. The van der Waals surface area contributed by atoms with E-state index in [-0.39, 0.29) is 6.03 Å². The summed E-state index contributed by atoms with van der Waals surface area (Å²) in [4.78, 5) is 13.2. The summed E-state index contributed by atoms with van der Waals surface area (Å²) in [5.41, 5.74) is 7.73. The van der Waals surface area contributed by atoms with E-state index in [1.807, 2.05) is 48.5 Å². The zero-order valence-corrected chi connectivity index (χ0v) is 21.1. The lowest BCUT2D eigenvalue weighted by Crippen LogP contribution is -2.40. The Bertz CT molecular complexity index is 1490. The number of nitrogens with one attached hydrogen (secondary N) is 2. The Morgan fingerprint density at radius 1 is 0.816 bits per heavy atom. The number of carbonyl (C=O) groups excluding carboxylic acids is 1. The molecule has 0 fully saturated rings. The van der Waals surface area contributed by atoms with Gasteiger partial charge in [-0.05, 0) is 71.8 Å². The van der Waals surface area contributed by atoms with E-state index in [2.05, 4.69) is 10.7 Å². The van der Waals surface area contributed by atoms with E-state index in [4.69, 9.17) is 25.8 Å². The summed E-state index contributed by atoms with van der Waals surface area (Å²) < 4.78 is 17.3. The molecular formula is C30H24ClN3O4. The normalized spacial score (nSPS) is 14.2. The molecule has 4 aromatic rings. The van der Waals surface area contributed by atoms with Crippen molar-refractivity contribution in [2.45, 2.75) is 0 Å². The molecule has 0 atom stereocenters. The summed E-state index contributed by atoms with van der Waals surface area (Å²) in [6, 6.07) is 29.9. The minimum Gasteiger partial charge on any atom is -0.486 e. The molecule has 2 N–H and O–H groups in total. The van der Waals surface area contributed by atoms with Crippen molar-refractivity contribution < 1.29 is 19.0 Å². The maximum atomic E-state index is 13.2. The molecule has 0 aliphatic carbocycles. The summed E-state index contributed by atoms with van der Waals surface area (Å²) in [5, 5.41) is 5.16. The summed E-state index contributed by atoms with van der Waals surface area (Å²) in [5.74, 6) is 2.76. The van der Waals surface area contributed by atoms with Crippen LogP contribution in [0, 0.1) is 0 Å². The largest absolute Gasteiger partial charge is 0.486 e. The summed E-state index contributed by atoms with van der Waals surface area (Å²) in [7, 11) is 0. The van der Waals surface area contributed by atoms with Crippen molar-refractivity contribution in [3.63, 3.8) is 0 Å². The number of ether oxygens (including phenoxy) is 3. The van der Waals surface area contributed by atoms with E-state index in [0.29, 0.717) is 47.7 Å². The molecule has 2 heterocycles. The fourth-order valence-corrected chi connectivity index (χ4v) is 4.47. The number of hydrogen-bond acceptors (Lipinski definition) is 5. The van der Waals surface area contributed by atoms with Crippen LogP contribution in [0.25, 0.3) is 11.3 Å². The molecule has 0 aromatic heterocycles. The first kappa shape index (κ1) is 23.8. The molecule has 0 saturated carbocycles. The quantitative estimate of drug-likeness (QED) is 0.299. The van der Waals surface area contributed by atoms with E-state index in [1.54, 1.807) is 53.5 Å². The molecule has 8 heteroatoms. The molecule has 0 bridgehead atoms. The van der Waals surface area contributed by atoms with Gasteiger partial charge in [-0.2, -0.15) is 0 Å². The molecule has 0 radical (unpaired) electrons.